The first-order valence-corrected chi connectivity index (χ1v) is 12.9. The van der Waals surface area contributed by atoms with Gasteiger partial charge in [0.2, 0.25) is 5.91 Å². The third kappa shape index (κ3) is 5.74. The molecule has 1 aliphatic rings. The molecule has 3 aromatic rings. The smallest absolute Gasteiger partial charge is 0.254 e. The number of para-hydroxylation sites is 1. The zero-order chi connectivity index (χ0) is 26.5. The zero-order valence-electron chi connectivity index (χ0n) is 20.5. The van der Waals surface area contributed by atoms with Crippen LogP contribution in [0.25, 0.3) is 0 Å². The second kappa shape index (κ2) is 11.4. The van der Waals surface area contributed by atoms with Gasteiger partial charge in [0, 0.05) is 22.1 Å². The molecule has 2 amide bonds. The molecule has 0 aliphatic carbocycles. The molecule has 3 N–H and O–H groups in total. The molecular weight excluding hydrogens is 508 g/mol. The van der Waals surface area contributed by atoms with Gasteiger partial charge in [0.05, 0.1) is 40.2 Å². The first-order chi connectivity index (χ1) is 17.8. The molecule has 0 fully saturated rings. The van der Waals surface area contributed by atoms with Crippen molar-refractivity contribution >= 4 is 46.6 Å². The zero-order valence-corrected chi connectivity index (χ0v) is 22.1. The minimum Gasteiger partial charge on any atom is -0.468 e. The van der Waals surface area contributed by atoms with Crippen molar-refractivity contribution in [3.05, 3.63) is 105 Å². The number of nitrogens with zero attached hydrogens (tertiary/aromatic N) is 1. The van der Waals surface area contributed by atoms with Crippen LogP contribution in [0.3, 0.4) is 0 Å². The molecule has 1 atom stereocenters. The summed E-state index contributed by atoms with van der Waals surface area (Å²) in [7, 11) is 0. The van der Waals surface area contributed by atoms with E-state index in [-0.39, 0.29) is 17.6 Å². The fourth-order valence-electron chi connectivity index (χ4n) is 4.04. The van der Waals surface area contributed by atoms with Crippen molar-refractivity contribution in [2.24, 2.45) is 0 Å². The summed E-state index contributed by atoms with van der Waals surface area (Å²) in [6.07, 6.45) is 1.51. The van der Waals surface area contributed by atoms with E-state index in [9.17, 15) is 14.9 Å². The maximum absolute atomic E-state index is 13.5. The van der Waals surface area contributed by atoms with Crippen LogP contribution in [0.5, 0.6) is 0 Å². The fourth-order valence-corrected chi connectivity index (χ4v) is 5.10. The second-order valence-corrected chi connectivity index (χ2v) is 9.88. The summed E-state index contributed by atoms with van der Waals surface area (Å²) in [5, 5.41) is 20.2. The molecule has 4 rings (SSSR count). The second-order valence-electron chi connectivity index (χ2n) is 8.49. The van der Waals surface area contributed by atoms with Crippen LogP contribution < -0.4 is 16.0 Å². The SMILES string of the molecule is CC1=C(C(=O)Nc2ccccc2C)[C@H](c2ccco2)C(C#N)=C(SCC(=O)Nc2cccc(Cl)c2C)N1. The molecule has 0 unspecified atom stereocenters. The molecule has 188 valence electrons. The van der Waals surface area contributed by atoms with E-state index in [2.05, 4.69) is 22.0 Å². The number of thioether (sulfide) groups is 1. The highest BCUT2D eigenvalue weighted by molar-refractivity contribution is 8.03. The Bertz CT molecular complexity index is 1450. The minimum absolute atomic E-state index is 0.0440. The van der Waals surface area contributed by atoms with E-state index < -0.39 is 5.92 Å². The molecule has 0 radical (unpaired) electrons. The van der Waals surface area contributed by atoms with Gasteiger partial charge in [-0.25, -0.2) is 0 Å². The number of anilines is 2. The number of benzene rings is 2. The van der Waals surface area contributed by atoms with Crippen molar-refractivity contribution in [2.45, 2.75) is 26.7 Å². The molecular formula is C28H25ClN4O3S. The number of carbonyl (C=O) groups is 2. The minimum atomic E-state index is -0.731. The number of nitriles is 1. The number of furan rings is 1. The van der Waals surface area contributed by atoms with Gasteiger partial charge in [0.1, 0.15) is 5.76 Å². The Balaban J connectivity index is 1.59. The normalized spacial score (nSPS) is 15.2. The number of halogens is 1. The molecule has 9 heteroatoms. The van der Waals surface area contributed by atoms with Crippen molar-refractivity contribution in [1.82, 2.24) is 5.32 Å². The number of allylic oxidation sites excluding steroid dienone is 2. The Morgan fingerprint density at radius 2 is 1.81 bits per heavy atom. The predicted octanol–water partition coefficient (Wildman–Crippen LogP) is 6.26. The molecule has 2 aromatic carbocycles. The molecule has 0 spiro atoms. The van der Waals surface area contributed by atoms with E-state index in [4.69, 9.17) is 16.0 Å². The Morgan fingerprint density at radius 1 is 1.05 bits per heavy atom. The lowest BCUT2D eigenvalue weighted by molar-refractivity contribution is -0.114. The Morgan fingerprint density at radius 3 is 2.51 bits per heavy atom. The van der Waals surface area contributed by atoms with Gasteiger partial charge in [0.15, 0.2) is 0 Å². The predicted molar refractivity (Wildman–Crippen MR) is 147 cm³/mol. The number of rotatable bonds is 7. The van der Waals surface area contributed by atoms with E-state index in [1.807, 2.05) is 38.1 Å². The average Bonchev–Trinajstić information content (AvgIpc) is 3.41. The van der Waals surface area contributed by atoms with Gasteiger partial charge < -0.3 is 20.4 Å². The topological polar surface area (TPSA) is 107 Å². The van der Waals surface area contributed by atoms with Crippen LogP contribution in [-0.2, 0) is 9.59 Å². The molecule has 1 aliphatic heterocycles. The summed E-state index contributed by atoms with van der Waals surface area (Å²) < 4.78 is 5.66. The van der Waals surface area contributed by atoms with Crippen molar-refractivity contribution in [3.8, 4) is 6.07 Å². The maximum Gasteiger partial charge on any atom is 0.254 e. The first kappa shape index (κ1) is 26.1. The van der Waals surface area contributed by atoms with Crippen LogP contribution >= 0.6 is 23.4 Å². The van der Waals surface area contributed by atoms with Crippen LogP contribution in [0, 0.1) is 25.2 Å². The van der Waals surface area contributed by atoms with Crippen molar-refractivity contribution in [3.63, 3.8) is 0 Å². The van der Waals surface area contributed by atoms with Gasteiger partial charge in [-0.2, -0.15) is 5.26 Å². The molecule has 1 aromatic heterocycles. The lowest BCUT2D eigenvalue weighted by atomic mass is 9.85. The van der Waals surface area contributed by atoms with Crippen LogP contribution in [0.4, 0.5) is 11.4 Å². The average molecular weight is 533 g/mol. The number of amides is 2. The summed E-state index contributed by atoms with van der Waals surface area (Å²) >= 11 is 7.34. The number of hydrogen-bond acceptors (Lipinski definition) is 6. The van der Waals surface area contributed by atoms with Crippen LogP contribution in [0.15, 0.2) is 87.1 Å². The molecule has 37 heavy (non-hydrogen) atoms. The lowest BCUT2D eigenvalue weighted by Gasteiger charge is -2.28. The number of aryl methyl sites for hydroxylation is 1. The van der Waals surface area contributed by atoms with E-state index in [0.29, 0.717) is 44.0 Å². The standard InChI is InChI=1S/C28H25ClN4O3S/c1-16-8-4-5-10-21(16)33-27(35)25-18(3)31-28(19(14-30)26(25)23-12-7-13-36-23)37-15-24(34)32-22-11-6-9-20(29)17(22)2/h4-13,26,31H,15H2,1-3H3,(H,32,34)(H,33,35)/t26-/m0/s1. The molecule has 0 saturated heterocycles. The summed E-state index contributed by atoms with van der Waals surface area (Å²) in [5.41, 5.74) is 4.24. The molecule has 7 nitrogen and oxygen atoms in total. The number of carbonyl (C=O) groups excluding carboxylic acids is 2. The largest absolute Gasteiger partial charge is 0.468 e. The molecule has 2 heterocycles. The number of dihydropyridines is 1. The Hall–Kier alpha value is -3.93. The molecule has 0 bridgehead atoms. The van der Waals surface area contributed by atoms with Crippen molar-refractivity contribution in [1.29, 1.82) is 5.26 Å². The summed E-state index contributed by atoms with van der Waals surface area (Å²) in [6.45, 7) is 5.51. The maximum atomic E-state index is 13.5. The van der Waals surface area contributed by atoms with Gasteiger partial charge in [-0.05, 0) is 62.2 Å². The van der Waals surface area contributed by atoms with E-state index in [0.717, 1.165) is 11.1 Å². The van der Waals surface area contributed by atoms with Crippen LogP contribution in [0.1, 0.15) is 29.7 Å². The van der Waals surface area contributed by atoms with E-state index in [1.165, 1.54) is 18.0 Å². The van der Waals surface area contributed by atoms with Gasteiger partial charge in [-0.3, -0.25) is 9.59 Å². The highest BCUT2D eigenvalue weighted by Crippen LogP contribution is 2.41. The highest BCUT2D eigenvalue weighted by atomic mass is 35.5. The van der Waals surface area contributed by atoms with E-state index in [1.54, 1.807) is 37.3 Å². The van der Waals surface area contributed by atoms with Crippen molar-refractivity contribution in [2.75, 3.05) is 16.4 Å². The third-order valence-electron chi connectivity index (χ3n) is 6.00. The summed E-state index contributed by atoms with van der Waals surface area (Å²) in [6, 6.07) is 18.5. The Kier molecular flexibility index (Phi) is 8.07. The summed E-state index contributed by atoms with van der Waals surface area (Å²) in [4.78, 5) is 26.2. The number of hydrogen-bond donors (Lipinski definition) is 3. The first-order valence-electron chi connectivity index (χ1n) is 11.5. The monoisotopic (exact) mass is 532 g/mol. The number of nitrogens with one attached hydrogen (secondary N) is 3. The summed E-state index contributed by atoms with van der Waals surface area (Å²) in [5.74, 6) is -0.814. The Labute approximate surface area is 224 Å². The van der Waals surface area contributed by atoms with E-state index >= 15 is 0 Å². The third-order valence-corrected chi connectivity index (χ3v) is 7.43. The van der Waals surface area contributed by atoms with Crippen LogP contribution in [0.2, 0.25) is 5.02 Å². The van der Waals surface area contributed by atoms with Gasteiger partial charge >= 0.3 is 0 Å². The molecule has 0 saturated carbocycles. The fraction of sp³-hybridized carbons (Fsp3) is 0.179. The van der Waals surface area contributed by atoms with Crippen LogP contribution in [-0.4, -0.2) is 17.6 Å². The highest BCUT2D eigenvalue weighted by Gasteiger charge is 2.36. The quantitative estimate of drug-likeness (QED) is 0.331. The van der Waals surface area contributed by atoms with Gasteiger partial charge in [-0.1, -0.05) is 47.6 Å². The lowest BCUT2D eigenvalue weighted by Crippen LogP contribution is -2.31. The van der Waals surface area contributed by atoms with Gasteiger partial charge in [0.25, 0.3) is 5.91 Å². The van der Waals surface area contributed by atoms with Gasteiger partial charge in [-0.15, -0.1) is 0 Å². The van der Waals surface area contributed by atoms with Crippen molar-refractivity contribution < 1.29 is 14.0 Å².